The number of methoxy groups -OCH3 is 1. The highest BCUT2D eigenvalue weighted by molar-refractivity contribution is 6.00. The molecule has 3 aromatic rings. The van der Waals surface area contributed by atoms with Crippen LogP contribution >= 0.6 is 0 Å². The monoisotopic (exact) mass is 384 g/mol. The van der Waals surface area contributed by atoms with Crippen LogP contribution in [-0.2, 0) is 4.74 Å². The van der Waals surface area contributed by atoms with Gasteiger partial charge in [-0.1, -0.05) is 6.07 Å². The summed E-state index contributed by atoms with van der Waals surface area (Å²) in [4.78, 5) is 12.1. The fourth-order valence-electron chi connectivity index (χ4n) is 3.35. The molecule has 0 radical (unpaired) electrons. The van der Waals surface area contributed by atoms with E-state index in [0.717, 1.165) is 35.9 Å². The van der Waals surface area contributed by atoms with Crippen molar-refractivity contribution in [2.45, 2.75) is 18.9 Å². The smallest absolute Gasteiger partial charge is 0.320 e. The van der Waals surface area contributed by atoms with Gasteiger partial charge in [0.15, 0.2) is 5.82 Å². The highest BCUT2D eigenvalue weighted by Gasteiger charge is 2.17. The molecule has 1 aliphatic rings. The van der Waals surface area contributed by atoms with Gasteiger partial charge in [0.1, 0.15) is 11.6 Å². The van der Waals surface area contributed by atoms with Crippen molar-refractivity contribution in [2.24, 2.45) is 0 Å². The van der Waals surface area contributed by atoms with Crippen LogP contribution in [0, 0.1) is 5.82 Å². The third kappa shape index (κ3) is 3.77. The predicted molar refractivity (Wildman–Crippen MR) is 104 cm³/mol. The molecule has 8 heteroatoms. The van der Waals surface area contributed by atoms with Crippen LogP contribution in [0.1, 0.15) is 12.8 Å². The van der Waals surface area contributed by atoms with Crippen molar-refractivity contribution in [3.63, 3.8) is 0 Å². The summed E-state index contributed by atoms with van der Waals surface area (Å²) in [5.41, 5.74) is 2.14. The van der Waals surface area contributed by atoms with Crippen molar-refractivity contribution < 1.29 is 18.7 Å². The highest BCUT2D eigenvalue weighted by Crippen LogP contribution is 2.33. The zero-order valence-corrected chi connectivity index (χ0v) is 15.4. The Morgan fingerprint density at radius 1 is 1.36 bits per heavy atom. The zero-order valence-electron chi connectivity index (χ0n) is 15.4. The second kappa shape index (κ2) is 7.85. The van der Waals surface area contributed by atoms with Crippen LogP contribution in [0.5, 0.6) is 5.75 Å². The molecular formula is C20H21FN4O3. The molecule has 7 nitrogen and oxygen atoms in total. The summed E-state index contributed by atoms with van der Waals surface area (Å²) in [6.07, 6.45) is 2.06. The van der Waals surface area contributed by atoms with Crippen LogP contribution in [-0.4, -0.2) is 42.6 Å². The number of amides is 2. The van der Waals surface area contributed by atoms with E-state index in [9.17, 15) is 9.18 Å². The van der Waals surface area contributed by atoms with Crippen LogP contribution in [0.3, 0.4) is 0 Å². The van der Waals surface area contributed by atoms with E-state index in [1.54, 1.807) is 13.2 Å². The Morgan fingerprint density at radius 2 is 2.25 bits per heavy atom. The quantitative estimate of drug-likeness (QED) is 0.626. The summed E-state index contributed by atoms with van der Waals surface area (Å²) in [6, 6.07) is 9.54. The number of carbonyl (C=O) groups is 1. The zero-order chi connectivity index (χ0) is 19.5. The lowest BCUT2D eigenvalue weighted by molar-refractivity contribution is 0.112. The molecule has 1 saturated heterocycles. The maximum Gasteiger partial charge on any atom is 0.320 e. The van der Waals surface area contributed by atoms with E-state index in [1.165, 1.54) is 12.1 Å². The number of benzene rings is 2. The molecule has 2 amide bonds. The van der Waals surface area contributed by atoms with Gasteiger partial charge < -0.3 is 14.8 Å². The van der Waals surface area contributed by atoms with Gasteiger partial charge in [-0.05, 0) is 48.7 Å². The summed E-state index contributed by atoms with van der Waals surface area (Å²) >= 11 is 0. The maximum atomic E-state index is 13.7. The van der Waals surface area contributed by atoms with E-state index in [0.29, 0.717) is 23.7 Å². The minimum absolute atomic E-state index is 0.0745. The van der Waals surface area contributed by atoms with E-state index in [4.69, 9.17) is 9.47 Å². The van der Waals surface area contributed by atoms with Crippen LogP contribution < -0.4 is 15.4 Å². The Hall–Kier alpha value is -3.13. The molecule has 1 aliphatic heterocycles. The lowest BCUT2D eigenvalue weighted by Crippen LogP contribution is -2.35. The number of anilines is 1. The van der Waals surface area contributed by atoms with Crippen LogP contribution in [0.15, 0.2) is 36.4 Å². The first-order valence-corrected chi connectivity index (χ1v) is 9.12. The molecule has 3 N–H and O–H groups in total. The molecule has 0 aliphatic carbocycles. The number of nitrogens with zero attached hydrogens (tertiary/aromatic N) is 1. The molecule has 1 aromatic heterocycles. The summed E-state index contributed by atoms with van der Waals surface area (Å²) in [7, 11) is 1.54. The first-order valence-electron chi connectivity index (χ1n) is 9.12. The van der Waals surface area contributed by atoms with Crippen LogP contribution in [0.4, 0.5) is 15.0 Å². The summed E-state index contributed by atoms with van der Waals surface area (Å²) in [6.45, 7) is 1.22. The molecule has 1 fully saturated rings. The molecule has 146 valence electrons. The van der Waals surface area contributed by atoms with Crippen molar-refractivity contribution >= 4 is 22.8 Å². The van der Waals surface area contributed by atoms with Gasteiger partial charge in [-0.25, -0.2) is 9.18 Å². The van der Waals surface area contributed by atoms with Crippen molar-refractivity contribution in [1.82, 2.24) is 15.5 Å². The number of hydrogen-bond acceptors (Lipinski definition) is 4. The van der Waals surface area contributed by atoms with E-state index in [2.05, 4.69) is 20.8 Å². The normalized spacial score (nSPS) is 16.3. The SMILES string of the molecule is COc1ccc(F)cc1-c1ccc2c(NC(=O)NCC3CCCO3)n[nH]c2c1. The van der Waals surface area contributed by atoms with Crippen molar-refractivity contribution in [3.05, 3.63) is 42.2 Å². The number of nitrogens with one attached hydrogen (secondary N) is 3. The van der Waals surface area contributed by atoms with Gasteiger partial charge in [0, 0.05) is 24.1 Å². The van der Waals surface area contributed by atoms with Gasteiger partial charge >= 0.3 is 6.03 Å². The standard InChI is InChI=1S/C20H21FN4O3/c1-27-18-7-5-13(21)10-16(18)12-4-6-15-17(9-12)24-25-19(15)23-20(26)22-11-14-3-2-8-28-14/h4-7,9-10,14H,2-3,8,11H2,1H3,(H3,22,23,24,25,26). The number of hydrogen-bond donors (Lipinski definition) is 3. The van der Waals surface area contributed by atoms with Crippen molar-refractivity contribution in [1.29, 1.82) is 0 Å². The number of halogens is 1. The molecule has 0 bridgehead atoms. The number of urea groups is 1. The minimum atomic E-state index is -0.342. The first kappa shape index (κ1) is 18.2. The molecular weight excluding hydrogens is 363 g/mol. The Bertz CT molecular complexity index is 998. The third-order valence-corrected chi connectivity index (χ3v) is 4.78. The summed E-state index contributed by atoms with van der Waals surface area (Å²) < 4.78 is 24.5. The van der Waals surface area contributed by atoms with E-state index < -0.39 is 0 Å². The van der Waals surface area contributed by atoms with Crippen molar-refractivity contribution in [3.8, 4) is 16.9 Å². The Morgan fingerprint density at radius 3 is 3.04 bits per heavy atom. The highest BCUT2D eigenvalue weighted by atomic mass is 19.1. The van der Waals surface area contributed by atoms with Gasteiger partial charge in [0.05, 0.1) is 18.7 Å². The number of aromatic nitrogens is 2. The second-order valence-electron chi connectivity index (χ2n) is 6.65. The second-order valence-corrected chi connectivity index (χ2v) is 6.65. The maximum absolute atomic E-state index is 13.7. The number of fused-ring (bicyclic) bond motifs is 1. The molecule has 0 spiro atoms. The topological polar surface area (TPSA) is 88.3 Å². The van der Waals surface area contributed by atoms with E-state index in [1.807, 2.05) is 18.2 Å². The first-order chi connectivity index (χ1) is 13.6. The number of carbonyl (C=O) groups excluding carboxylic acids is 1. The average molecular weight is 384 g/mol. The Balaban J connectivity index is 1.51. The lowest BCUT2D eigenvalue weighted by Gasteiger charge is -2.11. The molecule has 2 aromatic carbocycles. The van der Waals surface area contributed by atoms with Gasteiger partial charge in [0.2, 0.25) is 0 Å². The van der Waals surface area contributed by atoms with Crippen LogP contribution in [0.25, 0.3) is 22.0 Å². The summed E-state index contributed by atoms with van der Waals surface area (Å²) in [5.74, 6) is 0.662. The van der Waals surface area contributed by atoms with Crippen LogP contribution in [0.2, 0.25) is 0 Å². The minimum Gasteiger partial charge on any atom is -0.496 e. The van der Waals surface area contributed by atoms with Gasteiger partial charge in [-0.15, -0.1) is 0 Å². The Labute approximate surface area is 161 Å². The lowest BCUT2D eigenvalue weighted by atomic mass is 10.0. The molecule has 1 atom stereocenters. The molecule has 28 heavy (non-hydrogen) atoms. The van der Waals surface area contributed by atoms with E-state index in [-0.39, 0.29) is 18.0 Å². The van der Waals surface area contributed by atoms with Crippen molar-refractivity contribution in [2.75, 3.05) is 25.6 Å². The average Bonchev–Trinajstić information content (AvgIpc) is 3.36. The number of H-pyrrole nitrogens is 1. The number of rotatable bonds is 5. The van der Waals surface area contributed by atoms with Gasteiger partial charge in [-0.3, -0.25) is 10.4 Å². The van der Waals surface area contributed by atoms with E-state index >= 15 is 0 Å². The fourth-order valence-corrected chi connectivity index (χ4v) is 3.35. The number of ether oxygens (including phenoxy) is 2. The largest absolute Gasteiger partial charge is 0.496 e. The molecule has 2 heterocycles. The molecule has 1 unspecified atom stereocenters. The predicted octanol–water partition coefficient (Wildman–Crippen LogP) is 3.68. The molecule has 4 rings (SSSR count). The third-order valence-electron chi connectivity index (χ3n) is 4.78. The van der Waals surface area contributed by atoms with Gasteiger partial charge in [0.25, 0.3) is 0 Å². The summed E-state index contributed by atoms with van der Waals surface area (Å²) in [5, 5.41) is 13.4. The number of aromatic amines is 1. The van der Waals surface area contributed by atoms with Gasteiger partial charge in [-0.2, -0.15) is 5.10 Å². The fraction of sp³-hybridized carbons (Fsp3) is 0.300. The Kier molecular flexibility index (Phi) is 5.12. The molecule has 0 saturated carbocycles.